The fraction of sp³-hybridized carbons (Fsp3) is 0.533. The maximum Gasteiger partial charge on any atom is 0.147 e. The largest absolute Gasteiger partial charge is 0.497 e. The quantitative estimate of drug-likeness (QED) is 0.730. The summed E-state index contributed by atoms with van der Waals surface area (Å²) >= 11 is 0. The van der Waals surface area contributed by atoms with Gasteiger partial charge in [-0.25, -0.2) is 0 Å². The molecule has 0 aliphatic heterocycles. The zero-order valence-corrected chi connectivity index (χ0v) is 11.0. The number of hydrogen-bond donors (Lipinski definition) is 0. The minimum Gasteiger partial charge on any atom is -0.497 e. The molecule has 2 atom stereocenters. The molecule has 0 amide bonds. The van der Waals surface area contributed by atoms with Crippen LogP contribution in [0.3, 0.4) is 0 Å². The van der Waals surface area contributed by atoms with Crippen molar-refractivity contribution in [2.24, 2.45) is 17.3 Å². The summed E-state index contributed by atoms with van der Waals surface area (Å²) in [5.41, 5.74) is 0.689. The van der Waals surface area contributed by atoms with Crippen LogP contribution in [0.5, 0.6) is 0 Å². The van der Waals surface area contributed by atoms with Crippen molar-refractivity contribution in [3.05, 3.63) is 35.6 Å². The van der Waals surface area contributed by atoms with Gasteiger partial charge in [0.25, 0.3) is 0 Å². The fourth-order valence-electron chi connectivity index (χ4n) is 2.90. The molecule has 2 nitrogen and oxygen atoms in total. The van der Waals surface area contributed by atoms with Crippen LogP contribution in [0.1, 0.15) is 27.2 Å². The third kappa shape index (κ3) is 1.76. The molecule has 0 radical (unpaired) electrons. The second-order valence-corrected chi connectivity index (χ2v) is 5.38. The highest BCUT2D eigenvalue weighted by atomic mass is 16.5. The summed E-state index contributed by atoms with van der Waals surface area (Å²) in [6.45, 7) is 6.35. The summed E-state index contributed by atoms with van der Waals surface area (Å²) in [7, 11) is 1.68. The lowest BCUT2D eigenvalue weighted by Crippen LogP contribution is -2.22. The predicted molar refractivity (Wildman–Crippen MR) is 68.4 cm³/mol. The van der Waals surface area contributed by atoms with Gasteiger partial charge in [0, 0.05) is 6.42 Å². The average molecular weight is 232 g/mol. The molecule has 0 bridgehead atoms. The molecule has 2 rings (SSSR count). The zero-order chi connectivity index (χ0) is 12.6. The van der Waals surface area contributed by atoms with Gasteiger partial charge in [-0.15, -0.1) is 0 Å². The van der Waals surface area contributed by atoms with Gasteiger partial charge in [-0.3, -0.25) is 4.79 Å². The molecule has 2 aliphatic rings. The van der Waals surface area contributed by atoms with E-state index in [9.17, 15) is 4.79 Å². The SMILES string of the molecule is COC1=C2[C@H](C(C)C)CC(=O)[C@]2(C)C=CC=C1. The lowest BCUT2D eigenvalue weighted by molar-refractivity contribution is -0.122. The Morgan fingerprint density at radius 2 is 2.12 bits per heavy atom. The van der Waals surface area contributed by atoms with Crippen molar-refractivity contribution in [2.45, 2.75) is 27.2 Å². The standard InChI is InChI=1S/C15H20O2/c1-10(2)11-9-13(16)15(3)8-6-5-7-12(17-4)14(11)15/h5-8,10-11H,9H2,1-4H3/t11-,15-/m0/s1. The van der Waals surface area contributed by atoms with Crippen LogP contribution in [0, 0.1) is 17.3 Å². The van der Waals surface area contributed by atoms with Crippen molar-refractivity contribution in [2.75, 3.05) is 7.11 Å². The van der Waals surface area contributed by atoms with Crippen LogP contribution in [0.4, 0.5) is 0 Å². The smallest absolute Gasteiger partial charge is 0.147 e. The number of methoxy groups -OCH3 is 1. The van der Waals surface area contributed by atoms with Gasteiger partial charge >= 0.3 is 0 Å². The summed E-state index contributed by atoms with van der Waals surface area (Å²) in [5, 5.41) is 0. The molecule has 1 saturated carbocycles. The Kier molecular flexibility index (Phi) is 2.98. The molecule has 0 aromatic rings. The van der Waals surface area contributed by atoms with E-state index in [1.807, 2.05) is 31.2 Å². The van der Waals surface area contributed by atoms with E-state index in [0.717, 1.165) is 11.3 Å². The van der Waals surface area contributed by atoms with Gasteiger partial charge in [-0.1, -0.05) is 32.1 Å². The monoisotopic (exact) mass is 232 g/mol. The van der Waals surface area contributed by atoms with Gasteiger partial charge in [0.2, 0.25) is 0 Å². The molecule has 0 spiro atoms. The summed E-state index contributed by atoms with van der Waals surface area (Å²) in [5.74, 6) is 1.93. The third-order valence-corrected chi connectivity index (χ3v) is 3.99. The van der Waals surface area contributed by atoms with Crippen LogP contribution in [0.2, 0.25) is 0 Å². The van der Waals surface area contributed by atoms with Gasteiger partial charge in [-0.05, 0) is 30.4 Å². The van der Waals surface area contributed by atoms with Crippen LogP contribution >= 0.6 is 0 Å². The number of rotatable bonds is 2. The Bertz CT molecular complexity index is 426. The van der Waals surface area contributed by atoms with Crippen molar-refractivity contribution >= 4 is 5.78 Å². The molecular formula is C15H20O2. The Labute approximate surface area is 103 Å². The molecule has 0 N–H and O–H groups in total. The molecular weight excluding hydrogens is 212 g/mol. The molecule has 1 fully saturated rings. The molecule has 2 aliphatic carbocycles. The van der Waals surface area contributed by atoms with Crippen LogP contribution in [0.15, 0.2) is 35.6 Å². The van der Waals surface area contributed by atoms with Gasteiger partial charge in [0.05, 0.1) is 12.5 Å². The molecule has 0 heterocycles. The lowest BCUT2D eigenvalue weighted by atomic mass is 9.78. The number of carbonyl (C=O) groups excluding carboxylic acids is 1. The highest BCUT2D eigenvalue weighted by molar-refractivity contribution is 5.94. The summed E-state index contributed by atoms with van der Waals surface area (Å²) < 4.78 is 5.48. The van der Waals surface area contributed by atoms with Crippen molar-refractivity contribution in [1.82, 2.24) is 0 Å². The summed E-state index contributed by atoms with van der Waals surface area (Å²) in [4.78, 5) is 12.3. The average Bonchev–Trinajstić information content (AvgIpc) is 2.46. The maximum atomic E-state index is 12.3. The van der Waals surface area contributed by atoms with Gasteiger partial charge in [0.15, 0.2) is 0 Å². The molecule has 0 aromatic heterocycles. The number of hydrogen-bond acceptors (Lipinski definition) is 2. The maximum absolute atomic E-state index is 12.3. The van der Waals surface area contributed by atoms with E-state index in [2.05, 4.69) is 13.8 Å². The Balaban J connectivity index is 2.61. The summed E-state index contributed by atoms with van der Waals surface area (Å²) in [6.07, 6.45) is 8.50. The van der Waals surface area contributed by atoms with E-state index in [-0.39, 0.29) is 0 Å². The van der Waals surface area contributed by atoms with Crippen molar-refractivity contribution in [1.29, 1.82) is 0 Å². The number of Topliss-reactive ketones (excluding diaryl/α,β-unsaturated/α-hetero) is 1. The minimum atomic E-state index is -0.468. The van der Waals surface area contributed by atoms with Crippen LogP contribution in [-0.4, -0.2) is 12.9 Å². The molecule has 2 heteroatoms. The Morgan fingerprint density at radius 3 is 2.71 bits per heavy atom. The highest BCUT2D eigenvalue weighted by Gasteiger charge is 2.48. The van der Waals surface area contributed by atoms with E-state index >= 15 is 0 Å². The van der Waals surface area contributed by atoms with Gasteiger partial charge in [0.1, 0.15) is 11.5 Å². The van der Waals surface area contributed by atoms with E-state index < -0.39 is 5.41 Å². The predicted octanol–water partition coefficient (Wildman–Crippen LogP) is 3.26. The van der Waals surface area contributed by atoms with Crippen LogP contribution in [0.25, 0.3) is 0 Å². The van der Waals surface area contributed by atoms with E-state index in [1.165, 1.54) is 0 Å². The number of allylic oxidation sites excluding steroid dienone is 5. The molecule has 17 heavy (non-hydrogen) atoms. The first-order valence-electron chi connectivity index (χ1n) is 6.18. The molecule has 0 unspecified atom stereocenters. The summed E-state index contributed by atoms with van der Waals surface area (Å²) in [6, 6.07) is 0. The molecule has 92 valence electrons. The first-order chi connectivity index (χ1) is 8.00. The van der Waals surface area contributed by atoms with Crippen molar-refractivity contribution < 1.29 is 9.53 Å². The van der Waals surface area contributed by atoms with E-state index in [1.54, 1.807) is 7.11 Å². The highest BCUT2D eigenvalue weighted by Crippen LogP contribution is 2.50. The second kappa shape index (κ2) is 4.17. The van der Waals surface area contributed by atoms with Crippen molar-refractivity contribution in [3.8, 4) is 0 Å². The van der Waals surface area contributed by atoms with E-state index in [0.29, 0.717) is 24.0 Å². The first kappa shape index (κ1) is 12.2. The fourth-order valence-corrected chi connectivity index (χ4v) is 2.90. The Morgan fingerprint density at radius 1 is 1.41 bits per heavy atom. The minimum absolute atomic E-state index is 0.301. The number of fused-ring (bicyclic) bond motifs is 1. The normalized spacial score (nSPS) is 32.1. The van der Waals surface area contributed by atoms with Crippen molar-refractivity contribution in [3.63, 3.8) is 0 Å². The third-order valence-electron chi connectivity index (χ3n) is 3.99. The molecule has 0 aromatic carbocycles. The van der Waals surface area contributed by atoms with Gasteiger partial charge in [-0.2, -0.15) is 0 Å². The molecule has 0 saturated heterocycles. The number of carbonyl (C=O) groups is 1. The Hall–Kier alpha value is -1.31. The second-order valence-electron chi connectivity index (χ2n) is 5.38. The zero-order valence-electron chi connectivity index (χ0n) is 11.0. The number of ketones is 1. The van der Waals surface area contributed by atoms with E-state index in [4.69, 9.17) is 4.74 Å². The number of ether oxygens (including phenoxy) is 1. The topological polar surface area (TPSA) is 26.3 Å². The first-order valence-corrected chi connectivity index (χ1v) is 6.18. The van der Waals surface area contributed by atoms with Crippen LogP contribution < -0.4 is 0 Å². The van der Waals surface area contributed by atoms with Crippen LogP contribution in [-0.2, 0) is 9.53 Å². The van der Waals surface area contributed by atoms with Gasteiger partial charge < -0.3 is 4.74 Å². The lowest BCUT2D eigenvalue weighted by Gasteiger charge is -2.25.